The number of carboxylic acid groups (broad SMARTS) is 1. The topological polar surface area (TPSA) is 70.9 Å². The van der Waals surface area contributed by atoms with Crippen molar-refractivity contribution in [2.45, 2.75) is 31.7 Å². The summed E-state index contributed by atoms with van der Waals surface area (Å²) in [6, 6.07) is -0.372. The summed E-state index contributed by atoms with van der Waals surface area (Å²) in [4.78, 5) is 15.3. The van der Waals surface area contributed by atoms with Crippen molar-refractivity contribution in [2.24, 2.45) is 11.1 Å². The molecule has 1 aliphatic rings. The highest BCUT2D eigenvalue weighted by molar-refractivity contribution is 5.73. The molecule has 0 bridgehead atoms. The van der Waals surface area contributed by atoms with E-state index < -0.39 is 5.97 Å². The van der Waals surface area contributed by atoms with E-state index in [-0.39, 0.29) is 6.04 Å². The Balaban J connectivity index is 2.24. The zero-order valence-corrected chi connectivity index (χ0v) is 8.98. The van der Waals surface area contributed by atoms with E-state index in [0.29, 0.717) is 5.92 Å². The van der Waals surface area contributed by atoms with E-state index >= 15 is 0 Å². The number of rotatable bonds is 5. The number of piperidine rings is 1. The predicted molar refractivity (Wildman–Crippen MR) is 56.9 cm³/mol. The highest BCUT2D eigenvalue weighted by atomic mass is 16.6. The summed E-state index contributed by atoms with van der Waals surface area (Å²) in [5, 5.41) is 15.5. The van der Waals surface area contributed by atoms with Crippen LogP contribution in [-0.4, -0.2) is 37.0 Å². The van der Waals surface area contributed by atoms with Gasteiger partial charge in [0, 0.05) is 6.21 Å². The first-order chi connectivity index (χ1) is 7.24. The van der Waals surface area contributed by atoms with Gasteiger partial charge in [-0.15, -0.1) is 0 Å². The third-order valence-corrected chi connectivity index (χ3v) is 2.69. The average molecular weight is 214 g/mol. The van der Waals surface area contributed by atoms with Gasteiger partial charge in [-0.05, 0) is 38.1 Å². The second kappa shape index (κ2) is 6.40. The minimum Gasteiger partial charge on any atom is -0.480 e. The average Bonchev–Trinajstić information content (AvgIpc) is 2.25. The number of nitrogens with zero attached hydrogens (tertiary/aromatic N) is 1. The van der Waals surface area contributed by atoms with Crippen molar-refractivity contribution in [3.05, 3.63) is 0 Å². The minimum atomic E-state index is -0.745. The van der Waals surface area contributed by atoms with Crippen molar-refractivity contribution in [1.82, 2.24) is 5.32 Å². The molecule has 0 aliphatic carbocycles. The first-order valence-electron chi connectivity index (χ1n) is 5.25. The lowest BCUT2D eigenvalue weighted by Gasteiger charge is -2.27. The fourth-order valence-corrected chi connectivity index (χ4v) is 1.88. The zero-order chi connectivity index (χ0) is 11.1. The molecule has 0 aromatic carbocycles. The minimum absolute atomic E-state index is 0.372. The van der Waals surface area contributed by atoms with Crippen molar-refractivity contribution < 1.29 is 14.7 Å². The Kier molecular flexibility index (Phi) is 5.10. The van der Waals surface area contributed by atoms with Crippen molar-refractivity contribution in [1.29, 1.82) is 0 Å². The van der Waals surface area contributed by atoms with Crippen LogP contribution in [0.15, 0.2) is 5.16 Å². The quantitative estimate of drug-likeness (QED) is 0.526. The van der Waals surface area contributed by atoms with Gasteiger partial charge in [0.15, 0.2) is 0 Å². The van der Waals surface area contributed by atoms with E-state index in [2.05, 4.69) is 15.3 Å². The molecule has 1 heterocycles. The van der Waals surface area contributed by atoms with Crippen LogP contribution >= 0.6 is 0 Å². The molecular formula is C10H18N2O3. The number of nitrogens with one attached hydrogen (secondary N) is 1. The molecule has 86 valence electrons. The normalized spacial score (nSPS) is 26.7. The fraction of sp³-hybridized carbons (Fsp3) is 0.800. The first kappa shape index (κ1) is 12.0. The maximum atomic E-state index is 10.8. The van der Waals surface area contributed by atoms with Crippen molar-refractivity contribution in [3.8, 4) is 0 Å². The van der Waals surface area contributed by atoms with Crippen LogP contribution in [0.25, 0.3) is 0 Å². The molecule has 0 amide bonds. The first-order valence-corrected chi connectivity index (χ1v) is 5.25. The van der Waals surface area contributed by atoms with Gasteiger partial charge in [-0.3, -0.25) is 4.79 Å². The Morgan fingerprint density at radius 1 is 1.73 bits per heavy atom. The lowest BCUT2D eigenvalue weighted by atomic mass is 9.89. The Bertz CT molecular complexity index is 231. The van der Waals surface area contributed by atoms with E-state index in [0.717, 1.165) is 32.2 Å². The number of hydrogen-bond acceptors (Lipinski definition) is 4. The maximum absolute atomic E-state index is 10.8. The highest BCUT2D eigenvalue weighted by Gasteiger charge is 2.25. The second-order valence-electron chi connectivity index (χ2n) is 3.78. The molecule has 2 N–H and O–H groups in total. The Labute approximate surface area is 89.5 Å². The van der Waals surface area contributed by atoms with E-state index in [1.54, 1.807) is 6.21 Å². The molecule has 1 aliphatic heterocycles. The molecule has 0 aromatic heterocycles. The van der Waals surface area contributed by atoms with Gasteiger partial charge in [0.2, 0.25) is 0 Å². The standard InChI is InChI=1S/C10H18N2O3/c1-15-12-5-2-3-8-4-6-11-9(7-8)10(13)14/h5,8-9,11H,2-4,6-7H2,1H3,(H,13,14). The molecule has 0 spiro atoms. The number of aliphatic carboxylic acids is 1. The van der Waals surface area contributed by atoms with Crippen molar-refractivity contribution in [3.63, 3.8) is 0 Å². The molecule has 5 nitrogen and oxygen atoms in total. The van der Waals surface area contributed by atoms with Crippen molar-refractivity contribution >= 4 is 12.2 Å². The van der Waals surface area contributed by atoms with E-state index in [1.807, 2.05) is 0 Å². The Morgan fingerprint density at radius 3 is 3.20 bits per heavy atom. The van der Waals surface area contributed by atoms with Crippen LogP contribution in [-0.2, 0) is 9.63 Å². The van der Waals surface area contributed by atoms with Gasteiger partial charge in [-0.1, -0.05) is 5.16 Å². The van der Waals surface area contributed by atoms with E-state index in [9.17, 15) is 4.79 Å². The van der Waals surface area contributed by atoms with Gasteiger partial charge < -0.3 is 15.3 Å². The van der Waals surface area contributed by atoms with Crippen LogP contribution < -0.4 is 5.32 Å². The smallest absolute Gasteiger partial charge is 0.320 e. The zero-order valence-electron chi connectivity index (χ0n) is 8.98. The lowest BCUT2D eigenvalue weighted by Crippen LogP contribution is -2.43. The van der Waals surface area contributed by atoms with Crippen LogP contribution in [0.2, 0.25) is 0 Å². The lowest BCUT2D eigenvalue weighted by molar-refractivity contribution is -0.140. The molecule has 2 atom stereocenters. The summed E-state index contributed by atoms with van der Waals surface area (Å²) < 4.78 is 0. The van der Waals surface area contributed by atoms with Gasteiger partial charge in [0.05, 0.1) is 0 Å². The highest BCUT2D eigenvalue weighted by Crippen LogP contribution is 2.20. The molecule has 0 radical (unpaired) electrons. The summed E-state index contributed by atoms with van der Waals surface area (Å²) >= 11 is 0. The van der Waals surface area contributed by atoms with Gasteiger partial charge >= 0.3 is 5.97 Å². The van der Waals surface area contributed by atoms with Crippen LogP contribution in [0.4, 0.5) is 0 Å². The van der Waals surface area contributed by atoms with Crippen LogP contribution in [0.1, 0.15) is 25.7 Å². The largest absolute Gasteiger partial charge is 0.480 e. The summed E-state index contributed by atoms with van der Waals surface area (Å²) in [5.74, 6) is -0.263. The second-order valence-corrected chi connectivity index (χ2v) is 3.78. The number of oxime groups is 1. The molecule has 15 heavy (non-hydrogen) atoms. The van der Waals surface area contributed by atoms with Crippen molar-refractivity contribution in [2.75, 3.05) is 13.7 Å². The number of carboxylic acids is 1. The van der Waals surface area contributed by atoms with Crippen LogP contribution in [0.5, 0.6) is 0 Å². The van der Waals surface area contributed by atoms with Crippen LogP contribution in [0.3, 0.4) is 0 Å². The van der Waals surface area contributed by atoms with Gasteiger partial charge in [0.25, 0.3) is 0 Å². The third-order valence-electron chi connectivity index (χ3n) is 2.69. The maximum Gasteiger partial charge on any atom is 0.320 e. The molecule has 5 heteroatoms. The van der Waals surface area contributed by atoms with Gasteiger partial charge in [-0.25, -0.2) is 0 Å². The van der Waals surface area contributed by atoms with Crippen LogP contribution in [0, 0.1) is 5.92 Å². The predicted octanol–water partition coefficient (Wildman–Crippen LogP) is 0.852. The number of carbonyl (C=O) groups is 1. The molecule has 1 rings (SSSR count). The monoisotopic (exact) mass is 214 g/mol. The summed E-state index contributed by atoms with van der Waals surface area (Å²) in [7, 11) is 1.52. The molecule has 0 saturated carbocycles. The Morgan fingerprint density at radius 2 is 2.53 bits per heavy atom. The summed E-state index contributed by atoms with van der Waals surface area (Å²) in [6.45, 7) is 0.795. The Hall–Kier alpha value is -1.10. The molecular weight excluding hydrogens is 196 g/mol. The molecule has 2 unspecified atom stereocenters. The number of hydrogen-bond donors (Lipinski definition) is 2. The fourth-order valence-electron chi connectivity index (χ4n) is 1.88. The molecule has 1 saturated heterocycles. The molecule has 1 fully saturated rings. The summed E-state index contributed by atoms with van der Waals surface area (Å²) in [6.07, 6.45) is 5.34. The molecule has 0 aromatic rings. The third kappa shape index (κ3) is 4.29. The van der Waals surface area contributed by atoms with Gasteiger partial charge in [-0.2, -0.15) is 0 Å². The van der Waals surface area contributed by atoms with E-state index in [4.69, 9.17) is 5.11 Å². The summed E-state index contributed by atoms with van der Waals surface area (Å²) in [5.41, 5.74) is 0. The SMILES string of the molecule is CON=CCCC1CCNC(C(=O)O)C1. The van der Waals surface area contributed by atoms with Gasteiger partial charge in [0.1, 0.15) is 13.2 Å². The van der Waals surface area contributed by atoms with E-state index in [1.165, 1.54) is 7.11 Å².